The molecule has 21 heavy (non-hydrogen) atoms. The molecule has 1 fully saturated rings. The molecule has 0 atom stereocenters. The van der Waals surface area contributed by atoms with Gasteiger partial charge < -0.3 is 4.90 Å². The van der Waals surface area contributed by atoms with Crippen LogP contribution in [-0.2, 0) is 6.54 Å². The number of piperazine rings is 1. The first kappa shape index (κ1) is 14.1. The van der Waals surface area contributed by atoms with Crippen molar-refractivity contribution in [3.63, 3.8) is 0 Å². The second-order valence-electron chi connectivity index (χ2n) is 5.64. The topological polar surface area (TPSA) is 6.48 Å². The van der Waals surface area contributed by atoms with Crippen molar-refractivity contribution >= 4 is 5.69 Å². The lowest BCUT2D eigenvalue weighted by Gasteiger charge is -2.36. The number of hydrogen-bond acceptors (Lipinski definition) is 2. The van der Waals surface area contributed by atoms with Gasteiger partial charge >= 0.3 is 0 Å². The molecule has 0 amide bonds. The first-order valence-electron chi connectivity index (χ1n) is 7.50. The van der Waals surface area contributed by atoms with Gasteiger partial charge in [0, 0.05) is 44.0 Å². The first-order valence-corrected chi connectivity index (χ1v) is 7.50. The van der Waals surface area contributed by atoms with Crippen molar-refractivity contribution in [2.45, 2.75) is 13.5 Å². The van der Waals surface area contributed by atoms with Gasteiger partial charge in [-0.05, 0) is 24.6 Å². The summed E-state index contributed by atoms with van der Waals surface area (Å²) in [5.41, 5.74) is 3.44. The van der Waals surface area contributed by atoms with E-state index in [-0.39, 0.29) is 5.82 Å². The van der Waals surface area contributed by atoms with Crippen molar-refractivity contribution in [2.75, 3.05) is 31.1 Å². The number of rotatable bonds is 3. The fourth-order valence-corrected chi connectivity index (χ4v) is 2.93. The second kappa shape index (κ2) is 6.27. The van der Waals surface area contributed by atoms with Crippen LogP contribution in [0.5, 0.6) is 0 Å². The molecule has 2 aromatic carbocycles. The van der Waals surface area contributed by atoms with E-state index < -0.39 is 0 Å². The van der Waals surface area contributed by atoms with Crippen LogP contribution in [0.4, 0.5) is 10.1 Å². The van der Waals surface area contributed by atoms with Crippen molar-refractivity contribution in [1.29, 1.82) is 0 Å². The summed E-state index contributed by atoms with van der Waals surface area (Å²) in [6, 6.07) is 15.6. The molecule has 0 aromatic heterocycles. The Morgan fingerprint density at radius 3 is 2.29 bits per heavy atom. The molecule has 0 aliphatic carbocycles. The molecule has 0 unspecified atom stereocenters. The number of aryl methyl sites for hydroxylation is 1. The number of benzene rings is 2. The van der Waals surface area contributed by atoms with Gasteiger partial charge in [0.2, 0.25) is 0 Å². The second-order valence-corrected chi connectivity index (χ2v) is 5.64. The highest BCUT2D eigenvalue weighted by molar-refractivity contribution is 5.53. The van der Waals surface area contributed by atoms with E-state index in [0.29, 0.717) is 6.54 Å². The van der Waals surface area contributed by atoms with Crippen LogP contribution in [0.15, 0.2) is 48.5 Å². The minimum absolute atomic E-state index is 0.0983. The van der Waals surface area contributed by atoms with E-state index in [1.54, 1.807) is 12.1 Å². The third-order valence-electron chi connectivity index (χ3n) is 4.18. The van der Waals surface area contributed by atoms with Crippen LogP contribution in [0.25, 0.3) is 0 Å². The van der Waals surface area contributed by atoms with Gasteiger partial charge in [0.1, 0.15) is 5.82 Å². The van der Waals surface area contributed by atoms with Crippen LogP contribution in [0.2, 0.25) is 0 Å². The lowest BCUT2D eigenvalue weighted by atomic mass is 10.1. The quantitative estimate of drug-likeness (QED) is 0.851. The number of hydrogen-bond donors (Lipinski definition) is 0. The van der Waals surface area contributed by atoms with Gasteiger partial charge in [0.25, 0.3) is 0 Å². The lowest BCUT2D eigenvalue weighted by Crippen LogP contribution is -2.46. The largest absolute Gasteiger partial charge is 0.369 e. The van der Waals surface area contributed by atoms with E-state index >= 15 is 0 Å². The van der Waals surface area contributed by atoms with Gasteiger partial charge in [-0.3, -0.25) is 4.90 Å². The standard InChI is InChI=1S/C18H21FN2/c1-15-6-2-5-9-18(15)21-12-10-20(11-13-21)14-16-7-3-4-8-17(16)19/h2-9H,10-14H2,1H3. The molecule has 3 rings (SSSR count). The highest BCUT2D eigenvalue weighted by Crippen LogP contribution is 2.21. The van der Waals surface area contributed by atoms with Gasteiger partial charge in [-0.15, -0.1) is 0 Å². The summed E-state index contributed by atoms with van der Waals surface area (Å²) in [4.78, 5) is 4.75. The van der Waals surface area contributed by atoms with Gasteiger partial charge in [-0.1, -0.05) is 36.4 Å². The van der Waals surface area contributed by atoms with Crippen molar-refractivity contribution < 1.29 is 4.39 Å². The van der Waals surface area contributed by atoms with Gasteiger partial charge in [0.05, 0.1) is 0 Å². The smallest absolute Gasteiger partial charge is 0.127 e. The highest BCUT2D eigenvalue weighted by atomic mass is 19.1. The van der Waals surface area contributed by atoms with Gasteiger partial charge in [-0.2, -0.15) is 0 Å². The van der Waals surface area contributed by atoms with Gasteiger partial charge in [-0.25, -0.2) is 4.39 Å². The van der Waals surface area contributed by atoms with E-state index in [9.17, 15) is 4.39 Å². The normalized spacial score (nSPS) is 16.2. The Hall–Kier alpha value is -1.87. The number of nitrogens with zero attached hydrogens (tertiary/aromatic N) is 2. The molecule has 2 nitrogen and oxygen atoms in total. The maximum Gasteiger partial charge on any atom is 0.127 e. The minimum atomic E-state index is -0.0983. The molecule has 1 heterocycles. The first-order chi connectivity index (χ1) is 10.2. The maximum atomic E-state index is 13.7. The monoisotopic (exact) mass is 284 g/mol. The molecule has 0 saturated carbocycles. The molecular weight excluding hydrogens is 263 g/mol. The summed E-state index contributed by atoms with van der Waals surface area (Å²) >= 11 is 0. The lowest BCUT2D eigenvalue weighted by molar-refractivity contribution is 0.246. The molecule has 1 aliphatic heterocycles. The summed E-state index contributed by atoms with van der Waals surface area (Å²) in [5.74, 6) is -0.0983. The fourth-order valence-electron chi connectivity index (χ4n) is 2.93. The van der Waals surface area contributed by atoms with Crippen molar-refractivity contribution in [2.24, 2.45) is 0 Å². The predicted octanol–water partition coefficient (Wildman–Crippen LogP) is 3.46. The zero-order valence-electron chi connectivity index (χ0n) is 12.4. The highest BCUT2D eigenvalue weighted by Gasteiger charge is 2.18. The number of para-hydroxylation sites is 1. The Morgan fingerprint density at radius 1 is 0.905 bits per heavy atom. The molecule has 0 radical (unpaired) electrons. The molecule has 2 aromatic rings. The average Bonchev–Trinajstić information content (AvgIpc) is 2.51. The zero-order chi connectivity index (χ0) is 14.7. The molecule has 0 N–H and O–H groups in total. The van der Waals surface area contributed by atoms with Gasteiger partial charge in [0.15, 0.2) is 0 Å². The summed E-state index contributed by atoms with van der Waals surface area (Å²) in [6.45, 7) is 6.80. The van der Waals surface area contributed by atoms with E-state index in [2.05, 4.69) is 41.0 Å². The Kier molecular flexibility index (Phi) is 4.20. The summed E-state index contributed by atoms with van der Waals surface area (Å²) in [7, 11) is 0. The van der Waals surface area contributed by atoms with E-state index in [0.717, 1.165) is 31.7 Å². The predicted molar refractivity (Wildman–Crippen MR) is 85.1 cm³/mol. The SMILES string of the molecule is Cc1ccccc1N1CCN(Cc2ccccc2F)CC1. The summed E-state index contributed by atoms with van der Waals surface area (Å²) in [5, 5.41) is 0. The van der Waals surface area contributed by atoms with Crippen LogP contribution in [0, 0.1) is 12.7 Å². The van der Waals surface area contributed by atoms with Crippen LogP contribution < -0.4 is 4.90 Å². The maximum absolute atomic E-state index is 13.7. The fraction of sp³-hybridized carbons (Fsp3) is 0.333. The minimum Gasteiger partial charge on any atom is -0.369 e. The Labute approximate surface area is 125 Å². The van der Waals surface area contributed by atoms with Crippen LogP contribution in [-0.4, -0.2) is 31.1 Å². The Balaban J connectivity index is 1.61. The molecular formula is C18H21FN2. The van der Waals surface area contributed by atoms with Crippen molar-refractivity contribution in [1.82, 2.24) is 4.90 Å². The number of halogens is 1. The molecule has 1 aliphatic rings. The van der Waals surface area contributed by atoms with Crippen molar-refractivity contribution in [3.05, 3.63) is 65.5 Å². The van der Waals surface area contributed by atoms with E-state index in [4.69, 9.17) is 0 Å². The van der Waals surface area contributed by atoms with Crippen molar-refractivity contribution in [3.8, 4) is 0 Å². The van der Waals surface area contributed by atoms with E-state index in [1.807, 2.05) is 12.1 Å². The summed E-state index contributed by atoms with van der Waals surface area (Å²) < 4.78 is 13.7. The zero-order valence-corrected chi connectivity index (χ0v) is 12.4. The molecule has 3 heteroatoms. The Bertz CT molecular complexity index is 604. The summed E-state index contributed by atoms with van der Waals surface area (Å²) in [6.07, 6.45) is 0. The third kappa shape index (κ3) is 3.24. The van der Waals surface area contributed by atoms with Crippen LogP contribution in [0.3, 0.4) is 0 Å². The van der Waals surface area contributed by atoms with Crippen LogP contribution >= 0.6 is 0 Å². The molecule has 110 valence electrons. The number of anilines is 1. The Morgan fingerprint density at radius 2 is 1.57 bits per heavy atom. The van der Waals surface area contributed by atoms with E-state index in [1.165, 1.54) is 11.3 Å². The third-order valence-corrected chi connectivity index (χ3v) is 4.18. The molecule has 0 spiro atoms. The molecule has 0 bridgehead atoms. The van der Waals surface area contributed by atoms with Crippen LogP contribution in [0.1, 0.15) is 11.1 Å². The average molecular weight is 284 g/mol. The molecule has 1 saturated heterocycles.